The summed E-state index contributed by atoms with van der Waals surface area (Å²) >= 11 is 0. The summed E-state index contributed by atoms with van der Waals surface area (Å²) < 4.78 is 15.3. The Hall–Kier alpha value is -0.610. The van der Waals surface area contributed by atoms with Crippen LogP contribution in [0.1, 0.15) is 27.2 Å². The molecule has 0 fully saturated rings. The van der Waals surface area contributed by atoms with Gasteiger partial charge in [-0.15, -0.1) is 0 Å². The van der Waals surface area contributed by atoms with E-state index in [0.717, 1.165) is 0 Å². The summed E-state index contributed by atoms with van der Waals surface area (Å²) in [6.07, 6.45) is 0.392. The normalized spacial score (nSPS) is 14.9. The molecule has 84 valence electrons. The van der Waals surface area contributed by atoms with Gasteiger partial charge in [-0.1, -0.05) is 6.92 Å². The van der Waals surface area contributed by atoms with Crippen LogP contribution in [-0.4, -0.2) is 38.5 Å². The molecule has 0 aliphatic rings. The Bertz CT molecular complexity index is 158. The molecule has 0 aromatic heterocycles. The van der Waals surface area contributed by atoms with Gasteiger partial charge >= 0.3 is 5.97 Å². The van der Waals surface area contributed by atoms with Crippen LogP contribution < -0.4 is 0 Å². The van der Waals surface area contributed by atoms with Gasteiger partial charge in [0.1, 0.15) is 6.61 Å². The van der Waals surface area contributed by atoms with Gasteiger partial charge in [0.15, 0.2) is 0 Å². The first kappa shape index (κ1) is 13.4. The number of esters is 1. The van der Waals surface area contributed by atoms with E-state index in [1.54, 1.807) is 14.0 Å². The second-order valence-corrected chi connectivity index (χ2v) is 3.23. The highest BCUT2D eigenvalue weighted by molar-refractivity contribution is 5.68. The van der Waals surface area contributed by atoms with E-state index in [1.807, 2.05) is 13.8 Å². The number of hydrogen-bond acceptors (Lipinski definition) is 4. The Morgan fingerprint density at radius 1 is 1.21 bits per heavy atom. The molecule has 0 aliphatic carbocycles. The van der Waals surface area contributed by atoms with Gasteiger partial charge < -0.3 is 14.2 Å². The van der Waals surface area contributed by atoms with Gasteiger partial charge in [-0.25, -0.2) is 0 Å². The minimum atomic E-state index is -0.194. The zero-order chi connectivity index (χ0) is 11.0. The standard InChI is InChI=1S/C10H20O4/c1-5-10(11)14-7-9(3)13-6-8(2)12-4/h8-9H,5-7H2,1-4H3. The Labute approximate surface area is 85.5 Å². The molecule has 4 heteroatoms. The summed E-state index contributed by atoms with van der Waals surface area (Å²) in [5, 5.41) is 0. The molecule has 2 atom stereocenters. The lowest BCUT2D eigenvalue weighted by molar-refractivity contribution is -0.147. The van der Waals surface area contributed by atoms with E-state index >= 15 is 0 Å². The summed E-state index contributed by atoms with van der Waals surface area (Å²) in [6.45, 7) is 6.38. The van der Waals surface area contributed by atoms with Crippen molar-refractivity contribution >= 4 is 5.97 Å². The minimum absolute atomic E-state index is 0.0688. The van der Waals surface area contributed by atoms with Crippen molar-refractivity contribution in [2.75, 3.05) is 20.3 Å². The van der Waals surface area contributed by atoms with Gasteiger partial charge in [-0.05, 0) is 13.8 Å². The molecule has 0 rings (SSSR count). The maximum Gasteiger partial charge on any atom is 0.305 e. The highest BCUT2D eigenvalue weighted by atomic mass is 16.6. The SMILES string of the molecule is CCC(=O)OCC(C)OCC(C)OC. The molecule has 0 radical (unpaired) electrons. The number of hydrogen-bond donors (Lipinski definition) is 0. The van der Waals surface area contributed by atoms with Gasteiger partial charge in [0, 0.05) is 13.5 Å². The van der Waals surface area contributed by atoms with E-state index in [9.17, 15) is 4.79 Å². The van der Waals surface area contributed by atoms with Crippen LogP contribution in [0.5, 0.6) is 0 Å². The van der Waals surface area contributed by atoms with E-state index < -0.39 is 0 Å². The van der Waals surface area contributed by atoms with E-state index in [4.69, 9.17) is 14.2 Å². The van der Waals surface area contributed by atoms with Crippen molar-refractivity contribution in [3.63, 3.8) is 0 Å². The molecule has 0 spiro atoms. The summed E-state index contributed by atoms with van der Waals surface area (Å²) in [6, 6.07) is 0. The smallest absolute Gasteiger partial charge is 0.305 e. The highest BCUT2D eigenvalue weighted by Crippen LogP contribution is 1.97. The molecule has 0 N–H and O–H groups in total. The molecule has 0 aromatic carbocycles. The third kappa shape index (κ3) is 6.86. The Morgan fingerprint density at radius 3 is 2.36 bits per heavy atom. The molecule has 0 saturated heterocycles. The maximum atomic E-state index is 10.8. The third-order valence-electron chi connectivity index (χ3n) is 1.79. The summed E-state index contributed by atoms with van der Waals surface area (Å²) in [4.78, 5) is 10.8. The molecular weight excluding hydrogens is 184 g/mol. The third-order valence-corrected chi connectivity index (χ3v) is 1.79. The zero-order valence-electron chi connectivity index (χ0n) is 9.41. The number of carbonyl (C=O) groups excluding carboxylic acids is 1. The molecular formula is C10H20O4. The van der Waals surface area contributed by atoms with Crippen LogP contribution in [0.2, 0.25) is 0 Å². The fourth-order valence-electron chi connectivity index (χ4n) is 0.728. The van der Waals surface area contributed by atoms with Gasteiger partial charge in [-0.3, -0.25) is 4.79 Å². The zero-order valence-corrected chi connectivity index (χ0v) is 9.41. The van der Waals surface area contributed by atoms with Crippen molar-refractivity contribution in [1.29, 1.82) is 0 Å². The topological polar surface area (TPSA) is 44.8 Å². The summed E-state index contributed by atoms with van der Waals surface area (Å²) in [5.41, 5.74) is 0. The van der Waals surface area contributed by atoms with Crippen LogP contribution in [0, 0.1) is 0 Å². The highest BCUT2D eigenvalue weighted by Gasteiger charge is 2.07. The quantitative estimate of drug-likeness (QED) is 0.588. The number of ether oxygens (including phenoxy) is 3. The first-order valence-corrected chi connectivity index (χ1v) is 4.90. The molecule has 0 aromatic rings. The predicted octanol–water partition coefficient (Wildman–Crippen LogP) is 1.38. The molecule has 0 amide bonds. The van der Waals surface area contributed by atoms with Gasteiger partial charge in [0.05, 0.1) is 18.8 Å². The van der Waals surface area contributed by atoms with Crippen molar-refractivity contribution in [3.8, 4) is 0 Å². The Morgan fingerprint density at radius 2 is 1.86 bits per heavy atom. The Balaban J connectivity index is 3.45. The second-order valence-electron chi connectivity index (χ2n) is 3.23. The largest absolute Gasteiger partial charge is 0.463 e. The monoisotopic (exact) mass is 204 g/mol. The fraction of sp³-hybridized carbons (Fsp3) is 0.900. The molecule has 0 aliphatic heterocycles. The van der Waals surface area contributed by atoms with Gasteiger partial charge in [0.2, 0.25) is 0 Å². The van der Waals surface area contributed by atoms with Crippen molar-refractivity contribution in [2.24, 2.45) is 0 Å². The molecule has 4 nitrogen and oxygen atoms in total. The van der Waals surface area contributed by atoms with Crippen molar-refractivity contribution in [2.45, 2.75) is 39.4 Å². The van der Waals surface area contributed by atoms with Crippen LogP contribution >= 0.6 is 0 Å². The average molecular weight is 204 g/mol. The first-order valence-electron chi connectivity index (χ1n) is 4.90. The Kier molecular flexibility index (Phi) is 7.42. The number of carbonyl (C=O) groups is 1. The van der Waals surface area contributed by atoms with Crippen LogP contribution in [0.3, 0.4) is 0 Å². The van der Waals surface area contributed by atoms with Crippen LogP contribution in [0.25, 0.3) is 0 Å². The summed E-state index contributed by atoms with van der Waals surface area (Å²) in [7, 11) is 1.63. The molecule has 2 unspecified atom stereocenters. The van der Waals surface area contributed by atoms with E-state index in [-0.39, 0.29) is 18.2 Å². The average Bonchev–Trinajstić information content (AvgIpc) is 2.22. The lowest BCUT2D eigenvalue weighted by Crippen LogP contribution is -2.23. The minimum Gasteiger partial charge on any atom is -0.463 e. The molecule has 0 saturated carbocycles. The maximum absolute atomic E-state index is 10.8. The van der Waals surface area contributed by atoms with Crippen LogP contribution in [-0.2, 0) is 19.0 Å². The van der Waals surface area contributed by atoms with Crippen molar-refractivity contribution in [1.82, 2.24) is 0 Å². The predicted molar refractivity (Wildman–Crippen MR) is 53.1 cm³/mol. The van der Waals surface area contributed by atoms with Gasteiger partial charge in [-0.2, -0.15) is 0 Å². The van der Waals surface area contributed by atoms with Crippen molar-refractivity contribution in [3.05, 3.63) is 0 Å². The summed E-state index contributed by atoms with van der Waals surface area (Å²) in [5.74, 6) is -0.194. The second kappa shape index (κ2) is 7.76. The van der Waals surface area contributed by atoms with Gasteiger partial charge in [0.25, 0.3) is 0 Å². The van der Waals surface area contributed by atoms with E-state index in [1.165, 1.54) is 0 Å². The molecule has 0 bridgehead atoms. The molecule has 14 heavy (non-hydrogen) atoms. The molecule has 0 heterocycles. The van der Waals surface area contributed by atoms with Crippen LogP contribution in [0.4, 0.5) is 0 Å². The van der Waals surface area contributed by atoms with Crippen LogP contribution in [0.15, 0.2) is 0 Å². The lowest BCUT2D eigenvalue weighted by atomic mass is 10.4. The fourth-order valence-corrected chi connectivity index (χ4v) is 0.728. The van der Waals surface area contributed by atoms with E-state index in [2.05, 4.69) is 0 Å². The number of methoxy groups -OCH3 is 1. The lowest BCUT2D eigenvalue weighted by Gasteiger charge is -2.15. The van der Waals surface area contributed by atoms with E-state index in [0.29, 0.717) is 19.6 Å². The number of rotatable bonds is 7. The first-order chi connectivity index (χ1) is 6.60. The van der Waals surface area contributed by atoms with Crippen molar-refractivity contribution < 1.29 is 19.0 Å².